The molecule has 0 spiro atoms. The standard InChI is InChI=1S/C16H23F2N/c1-3-10-19-15(16(2)8-4-5-9-16)13-7-6-12(17)11-14(13)18/h6-7,11,15,19H,3-5,8-10H2,1-2H3. The summed E-state index contributed by atoms with van der Waals surface area (Å²) in [4.78, 5) is 0. The predicted octanol–water partition coefficient (Wildman–Crippen LogP) is 4.59. The Hall–Kier alpha value is -0.960. The summed E-state index contributed by atoms with van der Waals surface area (Å²) in [7, 11) is 0. The molecule has 0 aliphatic heterocycles. The van der Waals surface area contributed by atoms with Crippen LogP contribution >= 0.6 is 0 Å². The van der Waals surface area contributed by atoms with E-state index in [-0.39, 0.29) is 11.5 Å². The average molecular weight is 267 g/mol. The lowest BCUT2D eigenvalue weighted by Crippen LogP contribution is -2.35. The maximum absolute atomic E-state index is 14.1. The predicted molar refractivity (Wildman–Crippen MR) is 74.0 cm³/mol. The molecule has 1 fully saturated rings. The Morgan fingerprint density at radius 1 is 1.26 bits per heavy atom. The van der Waals surface area contributed by atoms with Gasteiger partial charge in [0.05, 0.1) is 0 Å². The third-order valence-electron chi connectivity index (χ3n) is 4.31. The molecule has 1 N–H and O–H groups in total. The Bertz CT molecular complexity index is 425. The van der Waals surface area contributed by atoms with Crippen molar-refractivity contribution in [2.75, 3.05) is 6.54 Å². The van der Waals surface area contributed by atoms with Crippen molar-refractivity contribution in [3.8, 4) is 0 Å². The Kier molecular flexibility index (Phi) is 4.56. The van der Waals surface area contributed by atoms with Crippen LogP contribution in [0.15, 0.2) is 18.2 Å². The fourth-order valence-corrected chi connectivity index (χ4v) is 3.23. The zero-order valence-electron chi connectivity index (χ0n) is 11.8. The highest BCUT2D eigenvalue weighted by Gasteiger charge is 2.38. The molecule has 0 aromatic heterocycles. The molecule has 0 heterocycles. The summed E-state index contributed by atoms with van der Waals surface area (Å²) in [5.41, 5.74) is 0.688. The molecule has 0 amide bonds. The Morgan fingerprint density at radius 2 is 1.95 bits per heavy atom. The van der Waals surface area contributed by atoms with Crippen LogP contribution in [-0.2, 0) is 0 Å². The summed E-state index contributed by atoms with van der Waals surface area (Å²) in [6, 6.07) is 3.93. The van der Waals surface area contributed by atoms with E-state index in [1.807, 2.05) is 0 Å². The molecule has 3 heteroatoms. The first kappa shape index (κ1) is 14.4. The van der Waals surface area contributed by atoms with Crippen LogP contribution in [0.2, 0.25) is 0 Å². The molecular weight excluding hydrogens is 244 g/mol. The Labute approximate surface area is 114 Å². The van der Waals surface area contributed by atoms with Gasteiger partial charge in [-0.05, 0) is 37.3 Å². The number of benzene rings is 1. The summed E-state index contributed by atoms with van der Waals surface area (Å²) >= 11 is 0. The fraction of sp³-hybridized carbons (Fsp3) is 0.625. The zero-order chi connectivity index (χ0) is 13.9. The number of halogens is 2. The molecule has 106 valence electrons. The first-order valence-corrected chi connectivity index (χ1v) is 7.25. The normalized spacial score (nSPS) is 19.6. The van der Waals surface area contributed by atoms with Crippen LogP contribution in [0.3, 0.4) is 0 Å². The van der Waals surface area contributed by atoms with Crippen LogP contribution in [0.5, 0.6) is 0 Å². The molecule has 19 heavy (non-hydrogen) atoms. The van der Waals surface area contributed by atoms with Gasteiger partial charge in [-0.15, -0.1) is 0 Å². The van der Waals surface area contributed by atoms with Crippen molar-refractivity contribution in [2.24, 2.45) is 5.41 Å². The van der Waals surface area contributed by atoms with Gasteiger partial charge < -0.3 is 5.32 Å². The van der Waals surface area contributed by atoms with Gasteiger partial charge in [-0.1, -0.05) is 32.8 Å². The summed E-state index contributed by atoms with van der Waals surface area (Å²) < 4.78 is 27.1. The van der Waals surface area contributed by atoms with Gasteiger partial charge in [-0.3, -0.25) is 0 Å². The summed E-state index contributed by atoms with van der Waals surface area (Å²) in [6.07, 6.45) is 5.61. The van der Waals surface area contributed by atoms with E-state index in [0.717, 1.165) is 31.9 Å². The maximum Gasteiger partial charge on any atom is 0.130 e. The van der Waals surface area contributed by atoms with Crippen LogP contribution in [-0.4, -0.2) is 6.54 Å². The van der Waals surface area contributed by atoms with Gasteiger partial charge >= 0.3 is 0 Å². The van der Waals surface area contributed by atoms with Gasteiger partial charge in [0.15, 0.2) is 0 Å². The van der Waals surface area contributed by atoms with Crippen LogP contribution < -0.4 is 5.32 Å². The lowest BCUT2D eigenvalue weighted by atomic mass is 9.77. The van der Waals surface area contributed by atoms with Crippen LogP contribution in [0.4, 0.5) is 8.78 Å². The van der Waals surface area contributed by atoms with Gasteiger partial charge in [0, 0.05) is 17.7 Å². The van der Waals surface area contributed by atoms with Crippen molar-refractivity contribution >= 4 is 0 Å². The molecule has 1 aliphatic rings. The van der Waals surface area contributed by atoms with E-state index in [2.05, 4.69) is 19.2 Å². The number of hydrogen-bond acceptors (Lipinski definition) is 1. The van der Waals surface area contributed by atoms with Crippen LogP contribution in [0.25, 0.3) is 0 Å². The maximum atomic E-state index is 14.1. The van der Waals surface area contributed by atoms with Crippen molar-refractivity contribution in [1.29, 1.82) is 0 Å². The largest absolute Gasteiger partial charge is 0.309 e. The monoisotopic (exact) mass is 267 g/mol. The van der Waals surface area contributed by atoms with Gasteiger partial charge in [-0.25, -0.2) is 8.78 Å². The summed E-state index contributed by atoms with van der Waals surface area (Å²) in [5.74, 6) is -0.936. The van der Waals surface area contributed by atoms with Crippen molar-refractivity contribution in [3.05, 3.63) is 35.4 Å². The van der Waals surface area contributed by atoms with E-state index in [0.29, 0.717) is 5.56 Å². The van der Waals surface area contributed by atoms with E-state index < -0.39 is 11.6 Å². The van der Waals surface area contributed by atoms with Crippen LogP contribution in [0, 0.1) is 17.0 Å². The van der Waals surface area contributed by atoms with E-state index in [9.17, 15) is 8.78 Å². The minimum atomic E-state index is -0.507. The van der Waals surface area contributed by atoms with Crippen molar-refractivity contribution in [1.82, 2.24) is 5.32 Å². The molecule has 1 unspecified atom stereocenters. The lowest BCUT2D eigenvalue weighted by Gasteiger charge is -2.35. The number of nitrogens with one attached hydrogen (secondary N) is 1. The first-order valence-electron chi connectivity index (χ1n) is 7.25. The minimum absolute atomic E-state index is 0.0180. The second-order valence-electron chi connectivity index (χ2n) is 5.91. The second-order valence-corrected chi connectivity index (χ2v) is 5.91. The second kappa shape index (κ2) is 6.00. The highest BCUT2D eigenvalue weighted by molar-refractivity contribution is 5.24. The molecule has 1 aliphatic carbocycles. The number of rotatable bonds is 5. The summed E-state index contributed by atoms with van der Waals surface area (Å²) in [5, 5.41) is 3.47. The van der Waals surface area contributed by atoms with Gasteiger partial charge in [0.25, 0.3) is 0 Å². The molecule has 0 saturated heterocycles. The van der Waals surface area contributed by atoms with E-state index >= 15 is 0 Å². The molecule has 1 nitrogen and oxygen atoms in total. The Morgan fingerprint density at radius 3 is 2.53 bits per heavy atom. The van der Waals surface area contributed by atoms with Gasteiger partial charge in [0.2, 0.25) is 0 Å². The minimum Gasteiger partial charge on any atom is -0.309 e. The third-order valence-corrected chi connectivity index (χ3v) is 4.31. The number of hydrogen-bond donors (Lipinski definition) is 1. The SMILES string of the molecule is CCCNC(c1ccc(F)cc1F)C1(C)CCCC1. The molecule has 1 saturated carbocycles. The van der Waals surface area contributed by atoms with Crippen molar-refractivity contribution < 1.29 is 8.78 Å². The van der Waals surface area contributed by atoms with Gasteiger partial charge in [0.1, 0.15) is 11.6 Å². The van der Waals surface area contributed by atoms with Gasteiger partial charge in [-0.2, -0.15) is 0 Å². The fourth-order valence-electron chi connectivity index (χ4n) is 3.23. The third kappa shape index (κ3) is 3.14. The zero-order valence-corrected chi connectivity index (χ0v) is 11.8. The molecule has 0 radical (unpaired) electrons. The molecule has 1 aromatic rings. The van der Waals surface area contributed by atoms with E-state index in [4.69, 9.17) is 0 Å². The van der Waals surface area contributed by atoms with Crippen molar-refractivity contribution in [2.45, 2.75) is 52.0 Å². The molecular formula is C16H23F2N. The van der Waals surface area contributed by atoms with Crippen LogP contribution in [0.1, 0.15) is 57.6 Å². The topological polar surface area (TPSA) is 12.0 Å². The first-order chi connectivity index (χ1) is 9.07. The van der Waals surface area contributed by atoms with E-state index in [1.165, 1.54) is 18.9 Å². The summed E-state index contributed by atoms with van der Waals surface area (Å²) in [6.45, 7) is 5.18. The molecule has 0 bridgehead atoms. The molecule has 1 aromatic carbocycles. The highest BCUT2D eigenvalue weighted by Crippen LogP contribution is 2.47. The lowest BCUT2D eigenvalue weighted by molar-refractivity contribution is 0.219. The molecule has 2 rings (SSSR count). The highest BCUT2D eigenvalue weighted by atomic mass is 19.1. The smallest absolute Gasteiger partial charge is 0.130 e. The quantitative estimate of drug-likeness (QED) is 0.823. The molecule has 1 atom stereocenters. The van der Waals surface area contributed by atoms with Crippen molar-refractivity contribution in [3.63, 3.8) is 0 Å². The van der Waals surface area contributed by atoms with E-state index in [1.54, 1.807) is 6.07 Å². The Balaban J connectivity index is 2.31. The average Bonchev–Trinajstić information content (AvgIpc) is 2.80.